The number of aliphatic hydroxyl groups excluding tert-OH is 1. The summed E-state index contributed by atoms with van der Waals surface area (Å²) in [6.45, 7) is 11.3. The fourth-order valence-electron chi connectivity index (χ4n) is 0.945. The van der Waals surface area contributed by atoms with Crippen LogP contribution in [0.3, 0.4) is 0 Å². The molecule has 0 radical (unpaired) electrons. The van der Waals surface area contributed by atoms with Gasteiger partial charge in [-0.1, -0.05) is 12.7 Å². The number of rotatable bonds is 4. The van der Waals surface area contributed by atoms with Crippen LogP contribution in [-0.4, -0.2) is 30.0 Å². The minimum atomic E-state index is -0.498. The van der Waals surface area contributed by atoms with Crippen LogP contribution in [0.1, 0.15) is 27.7 Å². The second-order valence-corrected chi connectivity index (χ2v) is 4.66. The zero-order chi connectivity index (χ0) is 12.8. The van der Waals surface area contributed by atoms with Crippen molar-refractivity contribution < 1.29 is 14.6 Å². The van der Waals surface area contributed by atoms with Gasteiger partial charge < -0.3 is 15.2 Å². The maximum Gasteiger partial charge on any atom is 0.407 e. The van der Waals surface area contributed by atoms with E-state index >= 15 is 0 Å². The molecule has 0 spiro atoms. The van der Waals surface area contributed by atoms with Crippen molar-refractivity contribution in [2.45, 2.75) is 33.3 Å². The number of amides is 1. The minimum absolute atomic E-state index is 0.00847. The number of nitrogens with one attached hydrogen (secondary N) is 1. The fraction of sp³-hybridized carbons (Fsp3) is 0.583. The van der Waals surface area contributed by atoms with E-state index < -0.39 is 11.7 Å². The molecule has 0 aromatic heterocycles. The number of carbonyl (C=O) groups excluding carboxylic acids is 1. The molecule has 4 heteroatoms. The van der Waals surface area contributed by atoms with Crippen LogP contribution in [0.2, 0.25) is 0 Å². The molecule has 4 nitrogen and oxygen atoms in total. The fourth-order valence-corrected chi connectivity index (χ4v) is 0.945. The average Bonchev–Trinajstić information content (AvgIpc) is 2.12. The van der Waals surface area contributed by atoms with Crippen LogP contribution in [0.15, 0.2) is 23.8 Å². The first-order valence-electron chi connectivity index (χ1n) is 5.17. The Morgan fingerprint density at radius 1 is 1.50 bits per heavy atom. The van der Waals surface area contributed by atoms with Crippen LogP contribution in [-0.2, 0) is 4.74 Å². The van der Waals surface area contributed by atoms with Gasteiger partial charge in [0.05, 0.1) is 6.61 Å². The molecule has 0 heterocycles. The Morgan fingerprint density at radius 3 is 2.50 bits per heavy atom. The van der Waals surface area contributed by atoms with E-state index in [2.05, 4.69) is 11.9 Å². The van der Waals surface area contributed by atoms with Crippen LogP contribution in [0.4, 0.5) is 4.79 Å². The molecule has 2 N–H and O–H groups in total. The third-order valence-corrected chi connectivity index (χ3v) is 1.56. The maximum absolute atomic E-state index is 11.3. The van der Waals surface area contributed by atoms with Crippen molar-refractivity contribution in [3.63, 3.8) is 0 Å². The molecule has 0 saturated carbocycles. The van der Waals surface area contributed by atoms with Crippen molar-refractivity contribution in [3.05, 3.63) is 23.8 Å². The van der Waals surface area contributed by atoms with Gasteiger partial charge >= 0.3 is 6.09 Å². The molecule has 0 atom stereocenters. The van der Waals surface area contributed by atoms with E-state index in [0.717, 1.165) is 11.1 Å². The average molecular weight is 227 g/mol. The van der Waals surface area contributed by atoms with Crippen molar-refractivity contribution in [2.24, 2.45) is 0 Å². The third-order valence-electron chi connectivity index (χ3n) is 1.56. The van der Waals surface area contributed by atoms with Crippen LogP contribution < -0.4 is 5.32 Å². The summed E-state index contributed by atoms with van der Waals surface area (Å²) in [6, 6.07) is 0. The van der Waals surface area contributed by atoms with E-state index in [9.17, 15) is 4.79 Å². The molecule has 0 aliphatic rings. The SMILES string of the molecule is C=C(/C=C(\C)CO)CNC(=O)OC(C)(C)C. The van der Waals surface area contributed by atoms with Gasteiger partial charge in [-0.25, -0.2) is 4.79 Å². The summed E-state index contributed by atoms with van der Waals surface area (Å²) in [5, 5.41) is 11.4. The van der Waals surface area contributed by atoms with Crippen molar-refractivity contribution in [2.75, 3.05) is 13.2 Å². The molecule has 0 aromatic carbocycles. The normalized spacial score (nSPS) is 12.2. The Hall–Kier alpha value is -1.29. The van der Waals surface area contributed by atoms with E-state index in [-0.39, 0.29) is 6.61 Å². The van der Waals surface area contributed by atoms with Gasteiger partial charge in [0.25, 0.3) is 0 Å². The van der Waals surface area contributed by atoms with Crippen molar-refractivity contribution >= 4 is 6.09 Å². The summed E-state index contributed by atoms with van der Waals surface area (Å²) >= 11 is 0. The summed E-state index contributed by atoms with van der Waals surface area (Å²) in [5.41, 5.74) is 1.02. The van der Waals surface area contributed by atoms with Crippen LogP contribution in [0.25, 0.3) is 0 Å². The molecule has 0 saturated heterocycles. The van der Waals surface area contributed by atoms with E-state index in [0.29, 0.717) is 6.54 Å². The molecule has 16 heavy (non-hydrogen) atoms. The third kappa shape index (κ3) is 8.05. The lowest BCUT2D eigenvalue weighted by atomic mass is 10.2. The summed E-state index contributed by atoms with van der Waals surface area (Å²) in [4.78, 5) is 11.3. The predicted molar refractivity (Wildman–Crippen MR) is 64.2 cm³/mol. The highest BCUT2D eigenvalue weighted by atomic mass is 16.6. The number of carbonyl (C=O) groups is 1. The molecule has 1 amide bonds. The predicted octanol–water partition coefficient (Wildman–Crippen LogP) is 2.01. The van der Waals surface area contributed by atoms with Gasteiger partial charge in [0.2, 0.25) is 0 Å². The molecule has 0 unspecified atom stereocenters. The Kier molecular flexibility index (Phi) is 5.82. The highest BCUT2D eigenvalue weighted by Crippen LogP contribution is 2.06. The Labute approximate surface area is 97.0 Å². The maximum atomic E-state index is 11.3. The van der Waals surface area contributed by atoms with E-state index in [1.165, 1.54) is 0 Å². The second-order valence-electron chi connectivity index (χ2n) is 4.66. The Morgan fingerprint density at radius 2 is 2.06 bits per heavy atom. The van der Waals surface area contributed by atoms with Crippen LogP contribution in [0, 0.1) is 0 Å². The molecular formula is C12H21NO3. The van der Waals surface area contributed by atoms with Gasteiger partial charge in [0, 0.05) is 6.54 Å². The van der Waals surface area contributed by atoms with Gasteiger partial charge in [0.1, 0.15) is 5.60 Å². The number of aliphatic hydroxyl groups is 1. The molecule has 0 aliphatic carbocycles. The number of hydrogen-bond acceptors (Lipinski definition) is 3. The zero-order valence-corrected chi connectivity index (χ0v) is 10.5. The van der Waals surface area contributed by atoms with Gasteiger partial charge in [-0.2, -0.15) is 0 Å². The van der Waals surface area contributed by atoms with E-state index in [1.807, 2.05) is 0 Å². The molecule has 0 rings (SSSR count). The van der Waals surface area contributed by atoms with Crippen LogP contribution in [0.5, 0.6) is 0 Å². The Bertz CT molecular complexity index is 287. The minimum Gasteiger partial charge on any atom is -0.444 e. The monoisotopic (exact) mass is 227 g/mol. The smallest absolute Gasteiger partial charge is 0.407 e. The number of hydrogen-bond donors (Lipinski definition) is 2. The van der Waals surface area contributed by atoms with Crippen molar-refractivity contribution in [3.8, 4) is 0 Å². The molecule has 0 aliphatic heterocycles. The highest BCUT2D eigenvalue weighted by molar-refractivity contribution is 5.68. The first kappa shape index (κ1) is 14.7. The topological polar surface area (TPSA) is 58.6 Å². The molecule has 0 fully saturated rings. The first-order valence-corrected chi connectivity index (χ1v) is 5.17. The van der Waals surface area contributed by atoms with Crippen molar-refractivity contribution in [1.29, 1.82) is 0 Å². The van der Waals surface area contributed by atoms with Gasteiger partial charge in [0.15, 0.2) is 0 Å². The second kappa shape index (κ2) is 6.33. The van der Waals surface area contributed by atoms with Gasteiger partial charge in [-0.05, 0) is 38.8 Å². The summed E-state index contributed by atoms with van der Waals surface area (Å²) < 4.78 is 5.06. The number of alkyl carbamates (subject to hydrolysis) is 1. The summed E-state index contributed by atoms with van der Waals surface area (Å²) in [6.07, 6.45) is 1.26. The molecular weight excluding hydrogens is 206 g/mol. The summed E-state index contributed by atoms with van der Waals surface area (Å²) in [5.74, 6) is 0. The Balaban J connectivity index is 3.98. The quantitative estimate of drug-likeness (QED) is 0.722. The van der Waals surface area contributed by atoms with E-state index in [1.54, 1.807) is 33.8 Å². The highest BCUT2D eigenvalue weighted by Gasteiger charge is 2.15. The molecule has 0 aromatic rings. The lowest BCUT2D eigenvalue weighted by Crippen LogP contribution is -2.33. The largest absolute Gasteiger partial charge is 0.444 e. The number of ether oxygens (including phenoxy) is 1. The first-order chi connectivity index (χ1) is 7.24. The summed E-state index contributed by atoms with van der Waals surface area (Å²) in [7, 11) is 0. The van der Waals surface area contributed by atoms with Gasteiger partial charge in [-0.3, -0.25) is 0 Å². The lowest BCUT2D eigenvalue weighted by Gasteiger charge is -2.19. The molecule has 0 bridgehead atoms. The zero-order valence-electron chi connectivity index (χ0n) is 10.5. The van der Waals surface area contributed by atoms with Crippen LogP contribution >= 0.6 is 0 Å². The standard InChI is InChI=1S/C12H21NO3/c1-9(6-10(2)8-14)7-13-11(15)16-12(3,4)5/h6,14H,1,7-8H2,2-5H3,(H,13,15)/b10-6+. The van der Waals surface area contributed by atoms with E-state index in [4.69, 9.17) is 9.84 Å². The lowest BCUT2D eigenvalue weighted by molar-refractivity contribution is 0.0533. The van der Waals surface area contributed by atoms with Gasteiger partial charge in [-0.15, -0.1) is 0 Å². The molecule has 92 valence electrons. The van der Waals surface area contributed by atoms with Crippen molar-refractivity contribution in [1.82, 2.24) is 5.32 Å².